The molecule has 0 unspecified atom stereocenters. The Kier molecular flexibility index (Phi) is 5.74. The summed E-state index contributed by atoms with van der Waals surface area (Å²) in [5.41, 5.74) is 0.304. The number of amides is 2. The summed E-state index contributed by atoms with van der Waals surface area (Å²) in [6.45, 7) is 2.78. The molecule has 0 saturated carbocycles. The summed E-state index contributed by atoms with van der Waals surface area (Å²) >= 11 is 0. The number of nitro benzene ring substituents is 1. The van der Waals surface area contributed by atoms with E-state index < -0.39 is 4.92 Å². The Morgan fingerprint density at radius 2 is 2.26 bits per heavy atom. The molecule has 104 valence electrons. The van der Waals surface area contributed by atoms with E-state index in [9.17, 15) is 14.9 Å². The zero-order valence-corrected chi connectivity index (χ0v) is 10.7. The van der Waals surface area contributed by atoms with Crippen LogP contribution in [-0.2, 0) is 0 Å². The van der Waals surface area contributed by atoms with Crippen LogP contribution in [0.4, 0.5) is 16.2 Å². The highest BCUT2D eigenvalue weighted by molar-refractivity contribution is 5.89. The third-order valence-electron chi connectivity index (χ3n) is 2.56. The number of nitro groups is 1. The topological polar surface area (TPSA) is 95.7 Å². The number of urea groups is 1. The van der Waals surface area contributed by atoms with Crippen molar-refractivity contribution in [1.82, 2.24) is 4.90 Å². The van der Waals surface area contributed by atoms with E-state index in [2.05, 4.69) is 5.32 Å². The van der Waals surface area contributed by atoms with Crippen LogP contribution >= 0.6 is 0 Å². The molecule has 0 atom stereocenters. The molecule has 1 rings (SSSR count). The Hall–Kier alpha value is -2.15. The number of anilines is 1. The fraction of sp³-hybridized carbons (Fsp3) is 0.417. The van der Waals surface area contributed by atoms with Gasteiger partial charge in [0.15, 0.2) is 0 Å². The number of carbonyl (C=O) groups is 1. The van der Waals surface area contributed by atoms with Gasteiger partial charge < -0.3 is 15.3 Å². The van der Waals surface area contributed by atoms with E-state index in [0.717, 1.165) is 0 Å². The highest BCUT2D eigenvalue weighted by atomic mass is 16.6. The molecule has 0 bridgehead atoms. The second kappa shape index (κ2) is 7.32. The lowest BCUT2D eigenvalue weighted by atomic mass is 10.3. The van der Waals surface area contributed by atoms with Gasteiger partial charge in [-0.2, -0.15) is 0 Å². The van der Waals surface area contributed by atoms with E-state index in [1.54, 1.807) is 6.07 Å². The molecule has 0 saturated heterocycles. The lowest BCUT2D eigenvalue weighted by molar-refractivity contribution is -0.384. The number of rotatable bonds is 6. The van der Waals surface area contributed by atoms with Gasteiger partial charge in [0.1, 0.15) is 0 Å². The average molecular weight is 267 g/mol. The summed E-state index contributed by atoms with van der Waals surface area (Å²) in [4.78, 5) is 23.5. The number of carbonyl (C=O) groups excluding carboxylic acids is 1. The van der Waals surface area contributed by atoms with Crippen LogP contribution < -0.4 is 5.32 Å². The van der Waals surface area contributed by atoms with Crippen molar-refractivity contribution in [1.29, 1.82) is 0 Å². The van der Waals surface area contributed by atoms with Gasteiger partial charge in [-0.15, -0.1) is 0 Å². The smallest absolute Gasteiger partial charge is 0.321 e. The summed E-state index contributed by atoms with van der Waals surface area (Å²) in [5.74, 6) is 0. The number of nitrogens with one attached hydrogen (secondary N) is 1. The molecule has 0 aliphatic carbocycles. The first-order valence-electron chi connectivity index (χ1n) is 5.99. The van der Waals surface area contributed by atoms with Crippen LogP contribution in [0.2, 0.25) is 0 Å². The summed E-state index contributed by atoms with van der Waals surface area (Å²) in [5, 5.41) is 22.0. The minimum atomic E-state index is -0.515. The number of hydrogen-bond acceptors (Lipinski definition) is 4. The third-order valence-corrected chi connectivity index (χ3v) is 2.56. The Labute approximate surface area is 111 Å². The van der Waals surface area contributed by atoms with Crippen LogP contribution in [0.3, 0.4) is 0 Å². The second-order valence-electron chi connectivity index (χ2n) is 3.89. The lowest BCUT2D eigenvalue weighted by Crippen LogP contribution is -2.35. The molecule has 0 aromatic heterocycles. The van der Waals surface area contributed by atoms with Crippen molar-refractivity contribution in [3.8, 4) is 0 Å². The minimum absolute atomic E-state index is 0.0145. The zero-order valence-electron chi connectivity index (χ0n) is 10.7. The lowest BCUT2D eigenvalue weighted by Gasteiger charge is -2.20. The van der Waals surface area contributed by atoms with E-state index >= 15 is 0 Å². The molecule has 7 heteroatoms. The SMILES string of the molecule is CCN(CCCO)C(=O)Nc1cccc([N+](=O)[O-])c1. The van der Waals surface area contributed by atoms with Crippen molar-refractivity contribution in [3.05, 3.63) is 34.4 Å². The summed E-state index contributed by atoms with van der Waals surface area (Å²) in [7, 11) is 0. The largest absolute Gasteiger partial charge is 0.396 e. The van der Waals surface area contributed by atoms with Crippen LogP contribution in [0.15, 0.2) is 24.3 Å². The van der Waals surface area contributed by atoms with Gasteiger partial charge in [0.25, 0.3) is 5.69 Å². The fourth-order valence-electron chi connectivity index (χ4n) is 1.56. The van der Waals surface area contributed by atoms with Crippen LogP contribution in [0.1, 0.15) is 13.3 Å². The predicted molar refractivity (Wildman–Crippen MR) is 71.1 cm³/mol. The molecule has 7 nitrogen and oxygen atoms in total. The van der Waals surface area contributed by atoms with E-state index in [-0.39, 0.29) is 18.3 Å². The third kappa shape index (κ3) is 4.55. The van der Waals surface area contributed by atoms with Crippen molar-refractivity contribution < 1.29 is 14.8 Å². The predicted octanol–water partition coefficient (Wildman–Crippen LogP) is 1.83. The Balaban J connectivity index is 2.69. The Bertz CT molecular complexity index is 450. The molecule has 0 fully saturated rings. The normalized spacial score (nSPS) is 10.0. The van der Waals surface area contributed by atoms with E-state index in [0.29, 0.717) is 25.2 Å². The van der Waals surface area contributed by atoms with Crippen LogP contribution in [0.25, 0.3) is 0 Å². The van der Waals surface area contributed by atoms with E-state index in [1.807, 2.05) is 6.92 Å². The quantitative estimate of drug-likeness (QED) is 0.607. The molecule has 0 radical (unpaired) electrons. The van der Waals surface area contributed by atoms with Gasteiger partial charge >= 0.3 is 6.03 Å². The van der Waals surface area contributed by atoms with Gasteiger partial charge in [0.2, 0.25) is 0 Å². The molecular formula is C12H17N3O4. The summed E-state index contributed by atoms with van der Waals surface area (Å²) in [6.07, 6.45) is 0.496. The number of aliphatic hydroxyl groups excluding tert-OH is 1. The highest BCUT2D eigenvalue weighted by Crippen LogP contribution is 2.17. The number of non-ortho nitro benzene ring substituents is 1. The monoisotopic (exact) mass is 267 g/mol. The maximum absolute atomic E-state index is 11.9. The van der Waals surface area contributed by atoms with Gasteiger partial charge in [0.05, 0.1) is 4.92 Å². The maximum Gasteiger partial charge on any atom is 0.321 e. The van der Waals surface area contributed by atoms with Crippen molar-refractivity contribution >= 4 is 17.4 Å². The number of nitrogens with zero attached hydrogens (tertiary/aromatic N) is 2. The van der Waals surface area contributed by atoms with E-state index in [4.69, 9.17) is 5.11 Å². The van der Waals surface area contributed by atoms with Crippen LogP contribution in [0, 0.1) is 10.1 Å². The first kappa shape index (κ1) is 14.9. The maximum atomic E-state index is 11.9. The van der Waals surface area contributed by atoms with Gasteiger partial charge in [-0.05, 0) is 19.4 Å². The first-order chi connectivity index (χ1) is 9.08. The molecule has 1 aromatic rings. The molecule has 19 heavy (non-hydrogen) atoms. The summed E-state index contributed by atoms with van der Waals surface area (Å²) < 4.78 is 0. The van der Waals surface area contributed by atoms with Gasteiger partial charge in [-0.25, -0.2) is 4.79 Å². The number of hydrogen-bond donors (Lipinski definition) is 2. The van der Waals surface area contributed by atoms with Gasteiger partial charge in [-0.1, -0.05) is 6.07 Å². The Morgan fingerprint density at radius 3 is 2.84 bits per heavy atom. The standard InChI is InChI=1S/C12H17N3O4/c1-2-14(7-4-8-16)12(17)13-10-5-3-6-11(9-10)15(18)19/h3,5-6,9,16H,2,4,7-8H2,1H3,(H,13,17). The molecule has 2 amide bonds. The van der Waals surface area contributed by atoms with Crippen molar-refractivity contribution in [2.24, 2.45) is 0 Å². The van der Waals surface area contributed by atoms with Gasteiger partial charge in [0, 0.05) is 37.5 Å². The zero-order chi connectivity index (χ0) is 14.3. The highest BCUT2D eigenvalue weighted by Gasteiger charge is 2.12. The van der Waals surface area contributed by atoms with E-state index in [1.165, 1.54) is 23.1 Å². The molecule has 0 aliphatic rings. The minimum Gasteiger partial charge on any atom is -0.396 e. The molecule has 2 N–H and O–H groups in total. The number of benzene rings is 1. The van der Waals surface area contributed by atoms with Gasteiger partial charge in [-0.3, -0.25) is 10.1 Å². The molecule has 0 heterocycles. The van der Waals surface area contributed by atoms with Crippen LogP contribution in [0.5, 0.6) is 0 Å². The molecule has 1 aromatic carbocycles. The van der Waals surface area contributed by atoms with Crippen molar-refractivity contribution in [3.63, 3.8) is 0 Å². The summed E-state index contributed by atoms with van der Waals surface area (Å²) in [6, 6.07) is 5.43. The molecular weight excluding hydrogens is 250 g/mol. The Morgan fingerprint density at radius 1 is 1.53 bits per heavy atom. The van der Waals surface area contributed by atoms with Crippen LogP contribution in [-0.4, -0.2) is 40.7 Å². The average Bonchev–Trinajstić information content (AvgIpc) is 2.40. The number of aliphatic hydroxyl groups is 1. The first-order valence-corrected chi connectivity index (χ1v) is 5.99. The fourth-order valence-corrected chi connectivity index (χ4v) is 1.56. The molecule has 0 aliphatic heterocycles. The second-order valence-corrected chi connectivity index (χ2v) is 3.89. The van der Waals surface area contributed by atoms with Crippen molar-refractivity contribution in [2.75, 3.05) is 25.0 Å². The molecule has 0 spiro atoms. The van der Waals surface area contributed by atoms with Crippen molar-refractivity contribution in [2.45, 2.75) is 13.3 Å².